The van der Waals surface area contributed by atoms with E-state index < -0.39 is 6.04 Å². The Bertz CT molecular complexity index is 1340. The van der Waals surface area contributed by atoms with Crippen molar-refractivity contribution < 1.29 is 18.7 Å². The summed E-state index contributed by atoms with van der Waals surface area (Å²) in [6.07, 6.45) is 2.82. The number of unbranched alkanes of at least 4 members (excludes halogenated alkanes) is 1. The van der Waals surface area contributed by atoms with E-state index in [4.69, 9.17) is 13.9 Å². The molecule has 0 saturated carbocycles. The molecule has 0 bridgehead atoms. The van der Waals surface area contributed by atoms with E-state index in [2.05, 4.69) is 11.8 Å². The first-order chi connectivity index (χ1) is 18.0. The molecule has 0 aliphatic carbocycles. The number of aryl methyl sites for hydroxylation is 2. The van der Waals surface area contributed by atoms with E-state index in [0.717, 1.165) is 74.6 Å². The van der Waals surface area contributed by atoms with Crippen LogP contribution in [0.25, 0.3) is 11.0 Å². The molecule has 196 valence electrons. The van der Waals surface area contributed by atoms with E-state index in [0.29, 0.717) is 29.7 Å². The third-order valence-electron chi connectivity index (χ3n) is 7.50. The number of morpholine rings is 1. The average Bonchev–Trinajstić information content (AvgIpc) is 3.18. The topological polar surface area (TPSA) is 72.2 Å². The maximum Gasteiger partial charge on any atom is 0.290 e. The summed E-state index contributed by atoms with van der Waals surface area (Å²) in [6.45, 7) is 11.4. The lowest BCUT2D eigenvalue weighted by Crippen LogP contribution is -2.38. The maximum atomic E-state index is 13.9. The van der Waals surface area contributed by atoms with Crippen LogP contribution in [0.1, 0.15) is 65.0 Å². The molecule has 1 unspecified atom stereocenters. The van der Waals surface area contributed by atoms with Gasteiger partial charge in [-0.25, -0.2) is 0 Å². The molecule has 3 heterocycles. The Balaban J connectivity index is 1.53. The molecule has 2 aliphatic heterocycles. The number of hydrogen-bond donors (Lipinski definition) is 0. The first kappa shape index (κ1) is 25.5. The molecule has 1 fully saturated rings. The average molecular weight is 505 g/mol. The fraction of sp³-hybridized carbons (Fsp3) is 0.467. The smallest absolute Gasteiger partial charge is 0.290 e. The van der Waals surface area contributed by atoms with Crippen molar-refractivity contribution in [1.29, 1.82) is 0 Å². The van der Waals surface area contributed by atoms with Gasteiger partial charge in [-0.3, -0.25) is 14.5 Å². The maximum absolute atomic E-state index is 13.9. The Morgan fingerprint density at radius 1 is 1.00 bits per heavy atom. The molecule has 5 rings (SSSR count). The third-order valence-corrected chi connectivity index (χ3v) is 7.50. The van der Waals surface area contributed by atoms with Crippen molar-refractivity contribution in [3.8, 4) is 5.75 Å². The van der Waals surface area contributed by atoms with Crippen LogP contribution in [0.4, 0.5) is 0 Å². The van der Waals surface area contributed by atoms with Gasteiger partial charge in [0.25, 0.3) is 5.91 Å². The predicted octanol–water partition coefficient (Wildman–Crippen LogP) is 4.86. The summed E-state index contributed by atoms with van der Waals surface area (Å²) < 4.78 is 17.6. The van der Waals surface area contributed by atoms with Gasteiger partial charge in [-0.1, -0.05) is 25.5 Å². The van der Waals surface area contributed by atoms with Gasteiger partial charge in [0.1, 0.15) is 11.3 Å². The standard InChI is InChI=1S/C30H36N2O5/c1-4-5-14-36-23-9-6-8-22(19-23)27-26-28(33)24-17-20(2)21(3)18-25(24)37-29(26)30(34)32(27)11-7-10-31-12-15-35-16-13-31/h6,8-9,17-19,27H,4-5,7,10-16H2,1-3H3. The lowest BCUT2D eigenvalue weighted by Gasteiger charge is -2.29. The molecule has 1 atom stereocenters. The van der Waals surface area contributed by atoms with E-state index in [1.807, 2.05) is 50.2 Å². The number of amides is 1. The lowest BCUT2D eigenvalue weighted by molar-refractivity contribution is 0.0353. The van der Waals surface area contributed by atoms with Crippen LogP contribution in [0.2, 0.25) is 0 Å². The first-order valence-electron chi connectivity index (χ1n) is 13.4. The summed E-state index contributed by atoms with van der Waals surface area (Å²) in [5.41, 5.74) is 3.67. The van der Waals surface area contributed by atoms with Gasteiger partial charge < -0.3 is 18.8 Å². The molecule has 1 aromatic heterocycles. The molecule has 7 heteroatoms. The molecule has 0 radical (unpaired) electrons. The van der Waals surface area contributed by atoms with Gasteiger partial charge in [-0.05, 0) is 67.6 Å². The fourth-order valence-corrected chi connectivity index (χ4v) is 5.25. The lowest BCUT2D eigenvalue weighted by atomic mass is 9.97. The van der Waals surface area contributed by atoms with Gasteiger partial charge >= 0.3 is 0 Å². The first-order valence-corrected chi connectivity index (χ1v) is 13.4. The summed E-state index contributed by atoms with van der Waals surface area (Å²) in [5.74, 6) is 0.683. The van der Waals surface area contributed by atoms with Crippen LogP contribution in [0.15, 0.2) is 45.6 Å². The largest absolute Gasteiger partial charge is 0.494 e. The van der Waals surface area contributed by atoms with Crippen molar-refractivity contribution in [2.75, 3.05) is 46.0 Å². The van der Waals surface area contributed by atoms with Crippen LogP contribution < -0.4 is 10.2 Å². The summed E-state index contributed by atoms with van der Waals surface area (Å²) in [7, 11) is 0. The number of carbonyl (C=O) groups is 1. The van der Waals surface area contributed by atoms with Crippen LogP contribution in [0.5, 0.6) is 5.75 Å². The van der Waals surface area contributed by atoms with Crippen molar-refractivity contribution in [2.24, 2.45) is 0 Å². The van der Waals surface area contributed by atoms with Gasteiger partial charge in [0, 0.05) is 26.2 Å². The number of fused-ring (bicyclic) bond motifs is 2. The zero-order valence-corrected chi connectivity index (χ0v) is 22.0. The molecule has 2 aromatic carbocycles. The van der Waals surface area contributed by atoms with E-state index >= 15 is 0 Å². The Kier molecular flexibility index (Phi) is 7.63. The minimum absolute atomic E-state index is 0.134. The quantitative estimate of drug-likeness (QED) is 0.388. The van der Waals surface area contributed by atoms with E-state index in [1.54, 1.807) is 4.90 Å². The summed E-state index contributed by atoms with van der Waals surface area (Å²) in [6, 6.07) is 11.0. The van der Waals surface area contributed by atoms with Crippen molar-refractivity contribution in [2.45, 2.75) is 46.1 Å². The van der Waals surface area contributed by atoms with Crippen LogP contribution in [-0.2, 0) is 4.74 Å². The molecule has 1 saturated heterocycles. The molecular weight excluding hydrogens is 468 g/mol. The number of benzene rings is 2. The third kappa shape index (κ3) is 5.15. The molecule has 0 spiro atoms. The monoisotopic (exact) mass is 504 g/mol. The molecule has 37 heavy (non-hydrogen) atoms. The van der Waals surface area contributed by atoms with E-state index in [-0.39, 0.29) is 17.1 Å². The molecular formula is C30H36N2O5. The zero-order valence-electron chi connectivity index (χ0n) is 22.0. The van der Waals surface area contributed by atoms with E-state index in [1.165, 1.54) is 0 Å². The highest BCUT2D eigenvalue weighted by molar-refractivity contribution is 5.99. The normalized spacial score (nSPS) is 18.0. The number of carbonyl (C=O) groups excluding carboxylic acids is 1. The van der Waals surface area contributed by atoms with Crippen LogP contribution in [0, 0.1) is 13.8 Å². The molecule has 0 N–H and O–H groups in total. The van der Waals surface area contributed by atoms with Crippen molar-refractivity contribution in [1.82, 2.24) is 9.80 Å². The van der Waals surface area contributed by atoms with Crippen molar-refractivity contribution in [3.05, 3.63) is 74.6 Å². The van der Waals surface area contributed by atoms with E-state index in [9.17, 15) is 9.59 Å². The minimum atomic E-state index is -0.510. The minimum Gasteiger partial charge on any atom is -0.494 e. The SMILES string of the molecule is CCCCOc1cccc(C2c3c(oc4cc(C)c(C)cc4c3=O)C(=O)N2CCCN2CCOCC2)c1. The van der Waals surface area contributed by atoms with Crippen LogP contribution in [-0.4, -0.2) is 61.7 Å². The molecule has 1 amide bonds. The Morgan fingerprint density at radius 2 is 1.78 bits per heavy atom. The second-order valence-electron chi connectivity index (χ2n) is 10.1. The highest BCUT2D eigenvalue weighted by atomic mass is 16.5. The molecule has 7 nitrogen and oxygen atoms in total. The highest BCUT2D eigenvalue weighted by Gasteiger charge is 2.42. The Hall–Kier alpha value is -3.16. The summed E-state index contributed by atoms with van der Waals surface area (Å²) >= 11 is 0. The van der Waals surface area contributed by atoms with Crippen LogP contribution in [0.3, 0.4) is 0 Å². The molecule has 3 aromatic rings. The molecule has 2 aliphatic rings. The predicted molar refractivity (Wildman–Crippen MR) is 144 cm³/mol. The number of rotatable bonds is 9. The number of nitrogens with zero attached hydrogens (tertiary/aromatic N) is 2. The second-order valence-corrected chi connectivity index (χ2v) is 10.1. The van der Waals surface area contributed by atoms with Crippen LogP contribution >= 0.6 is 0 Å². The fourth-order valence-electron chi connectivity index (χ4n) is 5.25. The summed E-state index contributed by atoms with van der Waals surface area (Å²) in [4.78, 5) is 31.8. The van der Waals surface area contributed by atoms with Crippen molar-refractivity contribution >= 4 is 16.9 Å². The number of ether oxygens (including phenoxy) is 2. The van der Waals surface area contributed by atoms with Gasteiger partial charge in [0.15, 0.2) is 5.43 Å². The van der Waals surface area contributed by atoms with Gasteiger partial charge in [0.2, 0.25) is 5.76 Å². The summed E-state index contributed by atoms with van der Waals surface area (Å²) in [5, 5.41) is 0.519. The van der Waals surface area contributed by atoms with Gasteiger partial charge in [0.05, 0.1) is 36.8 Å². The zero-order chi connectivity index (χ0) is 25.9. The Labute approximate surface area is 218 Å². The highest BCUT2D eigenvalue weighted by Crippen LogP contribution is 2.39. The van der Waals surface area contributed by atoms with Gasteiger partial charge in [-0.15, -0.1) is 0 Å². The van der Waals surface area contributed by atoms with Crippen molar-refractivity contribution in [3.63, 3.8) is 0 Å². The van der Waals surface area contributed by atoms with Gasteiger partial charge in [-0.2, -0.15) is 0 Å². The number of hydrogen-bond acceptors (Lipinski definition) is 6. The second kappa shape index (κ2) is 11.1. The Morgan fingerprint density at radius 3 is 2.57 bits per heavy atom.